The lowest BCUT2D eigenvalue weighted by Gasteiger charge is -1.93. The molecule has 1 rings (SSSR count). The average molecular weight is 184 g/mol. The molecule has 0 unspecified atom stereocenters. The van der Waals surface area contributed by atoms with Crippen LogP contribution in [0, 0.1) is 0 Å². The van der Waals surface area contributed by atoms with E-state index >= 15 is 0 Å². The standard InChI is InChI=1S/C6H8N4O3/c1-10-8-6(7-9-10)4(11)3-5(12)13-2/h3H2,1-2H3. The summed E-state index contributed by atoms with van der Waals surface area (Å²) in [5.74, 6) is -1.19. The highest BCUT2D eigenvalue weighted by atomic mass is 16.5. The van der Waals surface area contributed by atoms with E-state index in [2.05, 4.69) is 20.1 Å². The SMILES string of the molecule is COC(=O)CC(=O)c1nnn(C)n1. The van der Waals surface area contributed by atoms with E-state index in [-0.39, 0.29) is 12.2 Å². The first kappa shape index (κ1) is 9.30. The fourth-order valence-electron chi connectivity index (χ4n) is 0.678. The molecule has 0 bridgehead atoms. The Morgan fingerprint density at radius 3 is 2.69 bits per heavy atom. The van der Waals surface area contributed by atoms with Gasteiger partial charge in [0.05, 0.1) is 14.2 Å². The molecule has 70 valence electrons. The van der Waals surface area contributed by atoms with E-state index in [4.69, 9.17) is 0 Å². The van der Waals surface area contributed by atoms with Crippen LogP contribution in [-0.4, -0.2) is 39.1 Å². The van der Waals surface area contributed by atoms with Crippen LogP contribution >= 0.6 is 0 Å². The van der Waals surface area contributed by atoms with Crippen molar-refractivity contribution >= 4 is 11.8 Å². The van der Waals surface area contributed by atoms with E-state index in [0.29, 0.717) is 0 Å². The summed E-state index contributed by atoms with van der Waals surface area (Å²) in [5.41, 5.74) is 0. The van der Waals surface area contributed by atoms with Crippen molar-refractivity contribution in [3.8, 4) is 0 Å². The Bertz CT molecular complexity index is 332. The van der Waals surface area contributed by atoms with Crippen molar-refractivity contribution in [1.82, 2.24) is 20.2 Å². The number of carbonyl (C=O) groups excluding carboxylic acids is 2. The van der Waals surface area contributed by atoms with Crippen molar-refractivity contribution in [2.75, 3.05) is 7.11 Å². The molecular weight excluding hydrogens is 176 g/mol. The summed E-state index contributed by atoms with van der Waals surface area (Å²) in [6.45, 7) is 0. The largest absolute Gasteiger partial charge is 0.469 e. The number of Topliss-reactive ketones (excluding diaryl/α,β-unsaturated/α-hetero) is 1. The molecule has 0 amide bonds. The van der Waals surface area contributed by atoms with Gasteiger partial charge in [-0.15, -0.1) is 10.2 Å². The van der Waals surface area contributed by atoms with E-state index in [1.54, 1.807) is 0 Å². The first-order chi connectivity index (χ1) is 6.13. The Kier molecular flexibility index (Phi) is 2.68. The molecule has 0 radical (unpaired) electrons. The molecule has 1 aromatic heterocycles. The first-order valence-corrected chi connectivity index (χ1v) is 3.47. The summed E-state index contributed by atoms with van der Waals surface area (Å²) in [6, 6.07) is 0. The minimum absolute atomic E-state index is 0.0760. The number of ketones is 1. The Morgan fingerprint density at radius 2 is 2.23 bits per heavy atom. The second-order valence-corrected chi connectivity index (χ2v) is 2.28. The van der Waals surface area contributed by atoms with Crippen molar-refractivity contribution in [1.29, 1.82) is 0 Å². The van der Waals surface area contributed by atoms with Crippen LogP contribution in [0.3, 0.4) is 0 Å². The molecule has 7 heteroatoms. The third-order valence-electron chi connectivity index (χ3n) is 1.29. The van der Waals surface area contributed by atoms with E-state index in [9.17, 15) is 9.59 Å². The van der Waals surface area contributed by atoms with Crippen molar-refractivity contribution in [2.24, 2.45) is 7.05 Å². The topological polar surface area (TPSA) is 87.0 Å². The highest BCUT2D eigenvalue weighted by Crippen LogP contribution is 1.95. The zero-order chi connectivity index (χ0) is 9.84. The fraction of sp³-hybridized carbons (Fsp3) is 0.500. The maximum Gasteiger partial charge on any atom is 0.313 e. The lowest BCUT2D eigenvalue weighted by atomic mass is 10.3. The minimum Gasteiger partial charge on any atom is -0.469 e. The lowest BCUT2D eigenvalue weighted by Crippen LogP contribution is -2.11. The summed E-state index contributed by atoms with van der Waals surface area (Å²) in [5, 5.41) is 10.5. The van der Waals surface area contributed by atoms with Gasteiger partial charge >= 0.3 is 5.97 Å². The zero-order valence-electron chi connectivity index (χ0n) is 7.22. The molecule has 0 saturated carbocycles. The van der Waals surface area contributed by atoms with Crippen LogP contribution in [0.5, 0.6) is 0 Å². The second kappa shape index (κ2) is 3.74. The average Bonchev–Trinajstić information content (AvgIpc) is 2.51. The van der Waals surface area contributed by atoms with Crippen LogP contribution in [0.4, 0.5) is 0 Å². The molecule has 0 fully saturated rings. The minimum atomic E-state index is -0.613. The summed E-state index contributed by atoms with van der Waals surface area (Å²) in [4.78, 5) is 23.0. The van der Waals surface area contributed by atoms with E-state index in [1.165, 1.54) is 14.2 Å². The molecule has 0 aromatic carbocycles. The van der Waals surface area contributed by atoms with Gasteiger partial charge in [0, 0.05) is 0 Å². The third-order valence-corrected chi connectivity index (χ3v) is 1.29. The van der Waals surface area contributed by atoms with E-state index < -0.39 is 11.8 Å². The number of esters is 1. The van der Waals surface area contributed by atoms with Crippen molar-refractivity contribution in [3.63, 3.8) is 0 Å². The number of aromatic nitrogens is 4. The number of rotatable bonds is 3. The van der Waals surface area contributed by atoms with Crippen molar-refractivity contribution < 1.29 is 14.3 Å². The Hall–Kier alpha value is -1.79. The second-order valence-electron chi connectivity index (χ2n) is 2.28. The summed E-state index contributed by atoms with van der Waals surface area (Å²) in [6.07, 6.45) is -0.359. The van der Waals surface area contributed by atoms with Crippen molar-refractivity contribution in [3.05, 3.63) is 5.82 Å². The van der Waals surface area contributed by atoms with Gasteiger partial charge in [-0.25, -0.2) is 0 Å². The molecule has 1 heterocycles. The predicted molar refractivity (Wildman–Crippen MR) is 39.8 cm³/mol. The molecule has 0 aliphatic heterocycles. The molecule has 13 heavy (non-hydrogen) atoms. The van der Waals surface area contributed by atoms with Gasteiger partial charge in [-0.1, -0.05) is 0 Å². The highest BCUT2D eigenvalue weighted by molar-refractivity contribution is 6.03. The smallest absolute Gasteiger partial charge is 0.313 e. The lowest BCUT2D eigenvalue weighted by molar-refractivity contribution is -0.139. The number of hydrogen-bond acceptors (Lipinski definition) is 6. The summed E-state index contributed by atoms with van der Waals surface area (Å²) in [7, 11) is 2.74. The van der Waals surface area contributed by atoms with Crippen LogP contribution in [0.15, 0.2) is 0 Å². The molecule has 7 nitrogen and oxygen atoms in total. The quantitative estimate of drug-likeness (QED) is 0.338. The maximum absolute atomic E-state index is 11.1. The number of ether oxygens (including phenoxy) is 1. The number of methoxy groups -OCH3 is 1. The van der Waals surface area contributed by atoms with Gasteiger partial charge in [-0.3, -0.25) is 9.59 Å². The normalized spacial score (nSPS) is 9.69. The van der Waals surface area contributed by atoms with Crippen LogP contribution in [0.1, 0.15) is 17.0 Å². The predicted octanol–water partition coefficient (Wildman–Crippen LogP) is -1.04. The van der Waals surface area contributed by atoms with Gasteiger partial charge in [0.2, 0.25) is 11.6 Å². The Morgan fingerprint density at radius 1 is 1.54 bits per heavy atom. The van der Waals surface area contributed by atoms with Gasteiger partial charge in [0.15, 0.2) is 0 Å². The first-order valence-electron chi connectivity index (χ1n) is 3.47. The molecule has 0 aliphatic rings. The summed E-state index contributed by atoms with van der Waals surface area (Å²) < 4.78 is 4.31. The summed E-state index contributed by atoms with van der Waals surface area (Å²) >= 11 is 0. The Balaban J connectivity index is 2.64. The van der Waals surface area contributed by atoms with Gasteiger partial charge in [-0.05, 0) is 5.21 Å². The van der Waals surface area contributed by atoms with E-state index in [1.807, 2.05) is 0 Å². The van der Waals surface area contributed by atoms with Gasteiger partial charge in [-0.2, -0.15) is 4.80 Å². The Labute approximate surface area is 73.7 Å². The van der Waals surface area contributed by atoms with Gasteiger partial charge < -0.3 is 4.74 Å². The van der Waals surface area contributed by atoms with Crippen LogP contribution < -0.4 is 0 Å². The number of carbonyl (C=O) groups is 2. The number of tetrazole rings is 1. The van der Waals surface area contributed by atoms with Gasteiger partial charge in [0.1, 0.15) is 6.42 Å². The molecule has 0 N–H and O–H groups in total. The molecule has 0 saturated heterocycles. The maximum atomic E-state index is 11.1. The third kappa shape index (κ3) is 2.32. The monoisotopic (exact) mass is 184 g/mol. The molecule has 0 spiro atoms. The highest BCUT2D eigenvalue weighted by Gasteiger charge is 2.16. The van der Waals surface area contributed by atoms with E-state index in [0.717, 1.165) is 4.80 Å². The number of nitrogens with zero attached hydrogens (tertiary/aromatic N) is 4. The van der Waals surface area contributed by atoms with Crippen molar-refractivity contribution in [2.45, 2.75) is 6.42 Å². The molecule has 1 aromatic rings. The zero-order valence-corrected chi connectivity index (χ0v) is 7.22. The van der Waals surface area contributed by atoms with Gasteiger partial charge in [0.25, 0.3) is 0 Å². The van der Waals surface area contributed by atoms with Crippen LogP contribution in [0.2, 0.25) is 0 Å². The fourth-order valence-corrected chi connectivity index (χ4v) is 0.678. The van der Waals surface area contributed by atoms with Crippen LogP contribution in [-0.2, 0) is 16.6 Å². The molecule has 0 atom stereocenters. The molecule has 0 aliphatic carbocycles. The number of hydrogen-bond donors (Lipinski definition) is 0. The molecular formula is C6H8N4O3. The van der Waals surface area contributed by atoms with Crippen LogP contribution in [0.25, 0.3) is 0 Å². The number of aryl methyl sites for hydroxylation is 1.